The molecule has 0 spiro atoms. The van der Waals surface area contributed by atoms with Gasteiger partial charge in [-0.25, -0.2) is 0 Å². The fraction of sp³-hybridized carbons (Fsp3) is 0.304. The third-order valence-corrected chi connectivity index (χ3v) is 5.09. The average molecular weight is 422 g/mol. The Morgan fingerprint density at radius 2 is 1.00 bits per heavy atom. The molecule has 0 heterocycles. The van der Waals surface area contributed by atoms with Gasteiger partial charge in [0.2, 0.25) is 23.6 Å². The molecule has 31 heavy (non-hydrogen) atoms. The van der Waals surface area contributed by atoms with E-state index in [9.17, 15) is 19.2 Å². The number of rotatable bonds is 6. The summed E-state index contributed by atoms with van der Waals surface area (Å²) in [7, 11) is 0. The maximum Gasteiger partial charge on any atom is 0.228 e. The van der Waals surface area contributed by atoms with E-state index < -0.39 is 11.8 Å². The van der Waals surface area contributed by atoms with Gasteiger partial charge < -0.3 is 21.3 Å². The first kappa shape index (κ1) is 22.0. The van der Waals surface area contributed by atoms with Crippen molar-refractivity contribution in [3.05, 3.63) is 48.5 Å². The third kappa shape index (κ3) is 6.15. The summed E-state index contributed by atoms with van der Waals surface area (Å²) in [6.45, 7) is 2.83. The molecular formula is C23H26N4O4. The van der Waals surface area contributed by atoms with Crippen molar-refractivity contribution in [3.8, 4) is 0 Å². The number of carbonyl (C=O) groups is 4. The van der Waals surface area contributed by atoms with Crippen molar-refractivity contribution in [1.29, 1.82) is 0 Å². The summed E-state index contributed by atoms with van der Waals surface area (Å²) < 4.78 is 0. The van der Waals surface area contributed by atoms with Crippen LogP contribution in [0.25, 0.3) is 0 Å². The van der Waals surface area contributed by atoms with Crippen LogP contribution in [0.2, 0.25) is 0 Å². The molecular weight excluding hydrogens is 396 g/mol. The van der Waals surface area contributed by atoms with E-state index in [4.69, 9.17) is 0 Å². The summed E-state index contributed by atoms with van der Waals surface area (Å²) in [5, 5.41) is 11.1. The van der Waals surface area contributed by atoms with Crippen molar-refractivity contribution in [1.82, 2.24) is 0 Å². The zero-order valence-electron chi connectivity index (χ0n) is 17.5. The molecule has 162 valence electrons. The monoisotopic (exact) mass is 422 g/mol. The van der Waals surface area contributed by atoms with E-state index in [-0.39, 0.29) is 23.6 Å². The first-order chi connectivity index (χ1) is 14.8. The maximum atomic E-state index is 12.9. The molecule has 2 aromatic carbocycles. The van der Waals surface area contributed by atoms with Gasteiger partial charge in [0.1, 0.15) is 0 Å². The van der Waals surface area contributed by atoms with E-state index in [2.05, 4.69) is 21.3 Å². The molecule has 4 N–H and O–H groups in total. The van der Waals surface area contributed by atoms with Gasteiger partial charge in [-0.3, -0.25) is 19.2 Å². The Morgan fingerprint density at radius 1 is 0.645 bits per heavy atom. The lowest BCUT2D eigenvalue weighted by molar-refractivity contribution is -0.128. The summed E-state index contributed by atoms with van der Waals surface area (Å²) in [6, 6.07) is 13.8. The van der Waals surface area contributed by atoms with Crippen LogP contribution in [0.3, 0.4) is 0 Å². The minimum absolute atomic E-state index is 0.196. The van der Waals surface area contributed by atoms with Gasteiger partial charge in [-0.2, -0.15) is 0 Å². The van der Waals surface area contributed by atoms with Crippen LogP contribution in [0.5, 0.6) is 0 Å². The van der Waals surface area contributed by atoms with Gasteiger partial charge in [-0.15, -0.1) is 0 Å². The van der Waals surface area contributed by atoms with Gasteiger partial charge >= 0.3 is 0 Å². The number of amides is 4. The molecule has 8 heteroatoms. The van der Waals surface area contributed by atoms with E-state index in [0.29, 0.717) is 35.6 Å². The van der Waals surface area contributed by atoms with Gasteiger partial charge in [-0.05, 0) is 49.2 Å². The summed E-state index contributed by atoms with van der Waals surface area (Å²) in [5.74, 6) is -1.71. The molecule has 4 amide bonds. The topological polar surface area (TPSA) is 116 Å². The highest BCUT2D eigenvalue weighted by molar-refractivity contribution is 6.01. The first-order valence-electron chi connectivity index (χ1n) is 10.2. The van der Waals surface area contributed by atoms with Crippen LogP contribution in [0, 0.1) is 11.8 Å². The zero-order chi connectivity index (χ0) is 22.4. The largest absolute Gasteiger partial charge is 0.326 e. The van der Waals surface area contributed by atoms with E-state index in [1.807, 2.05) is 0 Å². The normalized spacial score (nSPS) is 17.5. The maximum absolute atomic E-state index is 12.9. The van der Waals surface area contributed by atoms with Crippen molar-refractivity contribution in [2.75, 3.05) is 21.3 Å². The van der Waals surface area contributed by atoms with Gasteiger partial charge in [0.15, 0.2) is 0 Å². The van der Waals surface area contributed by atoms with Crippen LogP contribution < -0.4 is 21.3 Å². The molecule has 1 saturated carbocycles. The SMILES string of the molecule is CC(=O)Nc1cccc(NC(=O)[C@H]2CCC[C@H]2C(=O)Nc2cccc(NC(C)=O)c2)c1. The second-order valence-electron chi connectivity index (χ2n) is 7.65. The molecule has 8 nitrogen and oxygen atoms in total. The summed E-state index contributed by atoms with van der Waals surface area (Å²) in [5.41, 5.74) is 2.30. The summed E-state index contributed by atoms with van der Waals surface area (Å²) in [4.78, 5) is 48.2. The van der Waals surface area contributed by atoms with Crippen molar-refractivity contribution >= 4 is 46.4 Å². The van der Waals surface area contributed by atoms with E-state index >= 15 is 0 Å². The van der Waals surface area contributed by atoms with Gasteiger partial charge in [0.05, 0.1) is 0 Å². The molecule has 1 aliphatic carbocycles. The molecule has 1 fully saturated rings. The lowest BCUT2D eigenvalue weighted by Crippen LogP contribution is -2.33. The molecule has 0 saturated heterocycles. The molecule has 0 bridgehead atoms. The highest BCUT2D eigenvalue weighted by atomic mass is 16.2. The number of hydrogen-bond acceptors (Lipinski definition) is 4. The Labute approximate surface area is 180 Å². The van der Waals surface area contributed by atoms with Crippen LogP contribution in [0.15, 0.2) is 48.5 Å². The van der Waals surface area contributed by atoms with Crippen molar-refractivity contribution < 1.29 is 19.2 Å². The van der Waals surface area contributed by atoms with Crippen LogP contribution >= 0.6 is 0 Å². The highest BCUT2D eigenvalue weighted by Gasteiger charge is 2.37. The Hall–Kier alpha value is -3.68. The predicted molar refractivity (Wildman–Crippen MR) is 120 cm³/mol. The number of hydrogen-bond donors (Lipinski definition) is 4. The number of benzene rings is 2. The zero-order valence-corrected chi connectivity index (χ0v) is 17.5. The van der Waals surface area contributed by atoms with E-state index in [1.165, 1.54) is 13.8 Å². The molecule has 2 aromatic rings. The van der Waals surface area contributed by atoms with Gasteiger partial charge in [0.25, 0.3) is 0 Å². The lowest BCUT2D eigenvalue weighted by atomic mass is 9.94. The second kappa shape index (κ2) is 9.88. The number of carbonyl (C=O) groups excluding carboxylic acids is 4. The summed E-state index contributed by atoms with van der Waals surface area (Å²) >= 11 is 0. The first-order valence-corrected chi connectivity index (χ1v) is 10.2. The molecule has 1 aliphatic rings. The quantitative estimate of drug-likeness (QED) is 0.569. The second-order valence-corrected chi connectivity index (χ2v) is 7.65. The number of anilines is 4. The Balaban J connectivity index is 1.65. The minimum atomic E-state index is -0.442. The third-order valence-electron chi connectivity index (χ3n) is 5.09. The van der Waals surface area contributed by atoms with E-state index in [1.54, 1.807) is 48.5 Å². The van der Waals surface area contributed by atoms with Crippen molar-refractivity contribution in [3.63, 3.8) is 0 Å². The highest BCUT2D eigenvalue weighted by Crippen LogP contribution is 2.34. The molecule has 3 rings (SSSR count). The molecule has 0 aromatic heterocycles. The Morgan fingerprint density at radius 3 is 1.35 bits per heavy atom. The van der Waals surface area contributed by atoms with Crippen LogP contribution in [-0.2, 0) is 19.2 Å². The molecule has 0 unspecified atom stereocenters. The summed E-state index contributed by atoms with van der Waals surface area (Å²) in [6.07, 6.45) is 2.04. The molecule has 0 radical (unpaired) electrons. The van der Waals surface area contributed by atoms with Crippen molar-refractivity contribution in [2.45, 2.75) is 33.1 Å². The number of nitrogens with one attached hydrogen (secondary N) is 4. The Kier molecular flexibility index (Phi) is 7.02. The van der Waals surface area contributed by atoms with Crippen LogP contribution in [0.4, 0.5) is 22.7 Å². The van der Waals surface area contributed by atoms with Crippen LogP contribution in [-0.4, -0.2) is 23.6 Å². The standard InChI is InChI=1S/C23H26N4O4/c1-14(28)24-16-6-3-8-18(12-16)26-22(30)20-10-5-11-21(20)23(31)27-19-9-4-7-17(13-19)25-15(2)29/h3-4,6-9,12-13,20-21H,5,10-11H2,1-2H3,(H,24,28)(H,25,29)(H,26,30)(H,27,31)/t20-,21+. The van der Waals surface area contributed by atoms with Gasteiger partial charge in [-0.1, -0.05) is 18.6 Å². The minimum Gasteiger partial charge on any atom is -0.326 e. The van der Waals surface area contributed by atoms with E-state index in [0.717, 1.165) is 6.42 Å². The average Bonchev–Trinajstić information content (AvgIpc) is 3.17. The lowest BCUT2D eigenvalue weighted by Gasteiger charge is -2.19. The predicted octanol–water partition coefficient (Wildman–Crippen LogP) is 3.60. The molecule has 2 atom stereocenters. The fourth-order valence-corrected chi connectivity index (χ4v) is 3.81. The van der Waals surface area contributed by atoms with Gasteiger partial charge in [0, 0.05) is 48.4 Å². The van der Waals surface area contributed by atoms with Crippen LogP contribution in [0.1, 0.15) is 33.1 Å². The molecule has 0 aliphatic heterocycles. The smallest absolute Gasteiger partial charge is 0.228 e. The fourth-order valence-electron chi connectivity index (χ4n) is 3.81. The van der Waals surface area contributed by atoms with Crippen molar-refractivity contribution in [2.24, 2.45) is 11.8 Å². The Bertz CT molecular complexity index is 925.